The molecule has 2 aromatic rings. The fourth-order valence-electron chi connectivity index (χ4n) is 4.49. The lowest BCUT2D eigenvalue weighted by molar-refractivity contribution is -0.121. The average molecular weight is 438 g/mol. The second kappa shape index (κ2) is 9.20. The zero-order chi connectivity index (χ0) is 22.7. The highest BCUT2D eigenvalue weighted by Gasteiger charge is 2.36. The van der Waals surface area contributed by atoms with E-state index in [0.29, 0.717) is 37.3 Å². The second-order valence-electron chi connectivity index (χ2n) is 8.59. The molecule has 168 valence electrons. The van der Waals surface area contributed by atoms with E-state index in [4.69, 9.17) is 4.74 Å². The van der Waals surface area contributed by atoms with Crippen LogP contribution in [0.4, 0.5) is 4.39 Å². The van der Waals surface area contributed by atoms with Crippen molar-refractivity contribution < 1.29 is 23.5 Å². The molecule has 0 aliphatic carbocycles. The third-order valence-electron chi connectivity index (χ3n) is 6.44. The second-order valence-corrected chi connectivity index (χ2v) is 8.59. The van der Waals surface area contributed by atoms with Crippen molar-refractivity contribution in [3.63, 3.8) is 0 Å². The number of carbonyl (C=O) groups excluding carboxylic acids is 3. The number of nitrogens with zero attached hydrogens (tertiary/aromatic N) is 1. The molecule has 3 amide bonds. The van der Waals surface area contributed by atoms with E-state index in [9.17, 15) is 18.8 Å². The van der Waals surface area contributed by atoms with Gasteiger partial charge in [0.05, 0.1) is 11.1 Å². The lowest BCUT2D eigenvalue weighted by atomic mass is 9.74. The SMILES string of the molecule is Cc1ccc2c(c1)C(=O)N(CCCC(=O)NCC1(c3ccc(F)cc3)CCOCC1)C2=O. The predicted octanol–water partition coefficient (Wildman–Crippen LogP) is 3.37. The number of benzene rings is 2. The van der Waals surface area contributed by atoms with Crippen LogP contribution in [0.5, 0.6) is 0 Å². The molecule has 1 saturated heterocycles. The van der Waals surface area contributed by atoms with Crippen LogP contribution in [0.15, 0.2) is 42.5 Å². The third-order valence-corrected chi connectivity index (χ3v) is 6.44. The van der Waals surface area contributed by atoms with Crippen LogP contribution in [0.25, 0.3) is 0 Å². The van der Waals surface area contributed by atoms with Crippen molar-refractivity contribution in [3.8, 4) is 0 Å². The Morgan fingerprint density at radius 3 is 2.47 bits per heavy atom. The van der Waals surface area contributed by atoms with Crippen molar-refractivity contribution >= 4 is 17.7 Å². The number of hydrogen-bond donors (Lipinski definition) is 1. The number of hydrogen-bond acceptors (Lipinski definition) is 4. The van der Waals surface area contributed by atoms with Gasteiger partial charge in [-0.3, -0.25) is 19.3 Å². The molecule has 0 atom stereocenters. The number of carbonyl (C=O) groups is 3. The molecule has 2 heterocycles. The maximum Gasteiger partial charge on any atom is 0.261 e. The van der Waals surface area contributed by atoms with Gasteiger partial charge < -0.3 is 10.1 Å². The average Bonchev–Trinajstić information content (AvgIpc) is 3.03. The third kappa shape index (κ3) is 4.43. The Labute approximate surface area is 186 Å². The topological polar surface area (TPSA) is 75.7 Å². The van der Waals surface area contributed by atoms with E-state index in [1.165, 1.54) is 17.0 Å². The summed E-state index contributed by atoms with van der Waals surface area (Å²) in [5.74, 6) is -1.02. The van der Waals surface area contributed by atoms with Gasteiger partial charge >= 0.3 is 0 Å². The maximum absolute atomic E-state index is 13.4. The van der Waals surface area contributed by atoms with E-state index >= 15 is 0 Å². The van der Waals surface area contributed by atoms with Gasteiger partial charge in [0.2, 0.25) is 5.91 Å². The molecule has 0 unspecified atom stereocenters. The number of fused-ring (bicyclic) bond motifs is 1. The number of amides is 3. The molecule has 6 nitrogen and oxygen atoms in total. The number of aryl methyl sites for hydroxylation is 1. The first-order chi connectivity index (χ1) is 15.4. The molecular formula is C25H27FN2O4. The zero-order valence-corrected chi connectivity index (χ0v) is 18.2. The van der Waals surface area contributed by atoms with Crippen LogP contribution in [-0.4, -0.2) is 48.9 Å². The molecule has 4 rings (SSSR count). The Bertz CT molecular complexity index is 1030. The Hall–Kier alpha value is -3.06. The number of rotatable bonds is 7. The lowest BCUT2D eigenvalue weighted by Gasteiger charge is -2.38. The smallest absolute Gasteiger partial charge is 0.261 e. The first-order valence-corrected chi connectivity index (χ1v) is 11.0. The van der Waals surface area contributed by atoms with Gasteiger partial charge in [-0.1, -0.05) is 23.8 Å². The minimum absolute atomic E-state index is 0.134. The molecular weight excluding hydrogens is 411 g/mol. The normalized spacial score (nSPS) is 17.4. The molecule has 7 heteroatoms. The molecule has 32 heavy (non-hydrogen) atoms. The van der Waals surface area contributed by atoms with E-state index in [1.807, 2.05) is 13.0 Å². The van der Waals surface area contributed by atoms with Gasteiger partial charge in [0.15, 0.2) is 0 Å². The maximum atomic E-state index is 13.4. The molecule has 1 N–H and O–H groups in total. The molecule has 0 radical (unpaired) electrons. The van der Waals surface area contributed by atoms with E-state index in [1.54, 1.807) is 24.3 Å². The van der Waals surface area contributed by atoms with Crippen LogP contribution in [0.3, 0.4) is 0 Å². The van der Waals surface area contributed by atoms with Gasteiger partial charge in [-0.2, -0.15) is 0 Å². The quantitative estimate of drug-likeness (QED) is 0.673. The zero-order valence-electron chi connectivity index (χ0n) is 18.2. The molecule has 0 saturated carbocycles. The lowest BCUT2D eigenvalue weighted by Crippen LogP contribution is -2.44. The highest BCUT2D eigenvalue weighted by molar-refractivity contribution is 6.21. The van der Waals surface area contributed by atoms with Crippen molar-refractivity contribution in [2.24, 2.45) is 0 Å². The van der Waals surface area contributed by atoms with Crippen molar-refractivity contribution in [1.29, 1.82) is 0 Å². The highest BCUT2D eigenvalue weighted by atomic mass is 19.1. The first kappa shape index (κ1) is 22.1. The van der Waals surface area contributed by atoms with Crippen molar-refractivity contribution in [1.82, 2.24) is 10.2 Å². The summed E-state index contributed by atoms with van der Waals surface area (Å²) in [6.07, 6.45) is 2.09. The summed E-state index contributed by atoms with van der Waals surface area (Å²) < 4.78 is 18.9. The summed E-state index contributed by atoms with van der Waals surface area (Å²) in [7, 11) is 0. The summed E-state index contributed by atoms with van der Waals surface area (Å²) in [6.45, 7) is 3.70. The first-order valence-electron chi connectivity index (χ1n) is 11.0. The summed E-state index contributed by atoms with van der Waals surface area (Å²) in [4.78, 5) is 38.8. The van der Waals surface area contributed by atoms with E-state index in [-0.39, 0.29) is 41.9 Å². The summed E-state index contributed by atoms with van der Waals surface area (Å²) in [6, 6.07) is 11.7. The van der Waals surface area contributed by atoms with Crippen LogP contribution in [-0.2, 0) is 14.9 Å². The van der Waals surface area contributed by atoms with Crippen LogP contribution in [0, 0.1) is 12.7 Å². The molecule has 1 fully saturated rings. The van der Waals surface area contributed by atoms with E-state index in [0.717, 1.165) is 24.0 Å². The number of nitrogens with one attached hydrogen (secondary N) is 1. The van der Waals surface area contributed by atoms with E-state index in [2.05, 4.69) is 5.32 Å². The molecule has 0 bridgehead atoms. The monoisotopic (exact) mass is 438 g/mol. The number of imide groups is 1. The van der Waals surface area contributed by atoms with Gasteiger partial charge in [0.1, 0.15) is 5.82 Å². The molecule has 2 aromatic carbocycles. The minimum atomic E-state index is -0.303. The van der Waals surface area contributed by atoms with Crippen molar-refractivity contribution in [3.05, 3.63) is 70.5 Å². The van der Waals surface area contributed by atoms with Gasteiger partial charge in [-0.25, -0.2) is 4.39 Å². The summed E-state index contributed by atoms with van der Waals surface area (Å²) in [5, 5.41) is 3.00. The Morgan fingerprint density at radius 2 is 1.75 bits per heavy atom. The molecule has 2 aliphatic rings. The number of halogens is 1. The van der Waals surface area contributed by atoms with Crippen LogP contribution >= 0.6 is 0 Å². The number of ether oxygens (including phenoxy) is 1. The van der Waals surface area contributed by atoms with Crippen molar-refractivity contribution in [2.45, 2.75) is 38.0 Å². The highest BCUT2D eigenvalue weighted by Crippen LogP contribution is 2.34. The largest absolute Gasteiger partial charge is 0.381 e. The van der Waals surface area contributed by atoms with Crippen LogP contribution in [0.1, 0.15) is 57.5 Å². The van der Waals surface area contributed by atoms with Gasteiger partial charge in [-0.05, 0) is 56.0 Å². The van der Waals surface area contributed by atoms with Crippen LogP contribution in [0.2, 0.25) is 0 Å². The molecule has 2 aliphatic heterocycles. The molecule has 0 aromatic heterocycles. The van der Waals surface area contributed by atoms with Gasteiger partial charge in [0.25, 0.3) is 11.8 Å². The summed E-state index contributed by atoms with van der Waals surface area (Å²) >= 11 is 0. The minimum Gasteiger partial charge on any atom is -0.381 e. The fraction of sp³-hybridized carbons (Fsp3) is 0.400. The van der Waals surface area contributed by atoms with Crippen LogP contribution < -0.4 is 5.32 Å². The van der Waals surface area contributed by atoms with Gasteiger partial charge in [-0.15, -0.1) is 0 Å². The predicted molar refractivity (Wildman–Crippen MR) is 117 cm³/mol. The van der Waals surface area contributed by atoms with Gasteiger partial charge in [0, 0.05) is 38.1 Å². The Kier molecular flexibility index (Phi) is 6.37. The van der Waals surface area contributed by atoms with Crippen molar-refractivity contribution in [2.75, 3.05) is 26.3 Å². The standard InChI is InChI=1S/C25H27FN2O4/c1-17-4-9-20-21(15-17)24(31)28(23(20)30)12-2-3-22(29)27-16-25(10-13-32-14-11-25)18-5-7-19(26)8-6-18/h4-9,15H,2-3,10-14,16H2,1H3,(H,27,29). The Balaban J connectivity index is 1.31. The molecule has 0 spiro atoms. The fourth-order valence-corrected chi connectivity index (χ4v) is 4.49. The summed E-state index contributed by atoms with van der Waals surface area (Å²) in [5.41, 5.74) is 2.48. The van der Waals surface area contributed by atoms with E-state index < -0.39 is 0 Å². The Morgan fingerprint density at radius 1 is 1.06 bits per heavy atom.